The number of nitrogens with zero attached hydrogens (tertiary/aromatic N) is 1. The molecule has 0 bridgehead atoms. The van der Waals surface area contributed by atoms with Crippen molar-refractivity contribution in [3.63, 3.8) is 0 Å². The van der Waals surface area contributed by atoms with Gasteiger partial charge in [0.2, 0.25) is 5.91 Å². The minimum absolute atomic E-state index is 0. The van der Waals surface area contributed by atoms with Crippen LogP contribution in [0, 0.1) is 0 Å². The summed E-state index contributed by atoms with van der Waals surface area (Å²) in [5.41, 5.74) is -0.505. The van der Waals surface area contributed by atoms with E-state index in [-0.39, 0.29) is 29.5 Å². The number of halogens is 1. The van der Waals surface area contributed by atoms with Crippen LogP contribution < -0.4 is 5.32 Å². The Bertz CT molecular complexity index is 301. The minimum atomic E-state index is -0.298. The fraction of sp³-hybridized carbons (Fsp3) is 0.923. The highest BCUT2D eigenvalue weighted by Crippen LogP contribution is 2.27. The average molecular weight is 277 g/mol. The number of amides is 1. The standard InChI is InChI=1S/C13H24N2O2.ClH/c1-4-13(6-5-7-14-13)11(16)15-8-9-17-12(2,3)10-15;/h14H,4-10H2,1-3H3;1H. The van der Waals surface area contributed by atoms with Crippen LogP contribution in [0.1, 0.15) is 40.0 Å². The molecule has 2 fully saturated rings. The largest absolute Gasteiger partial charge is 0.372 e. The first-order valence-corrected chi connectivity index (χ1v) is 6.67. The lowest BCUT2D eigenvalue weighted by Crippen LogP contribution is -2.60. The van der Waals surface area contributed by atoms with Crippen molar-refractivity contribution in [2.24, 2.45) is 0 Å². The second-order valence-corrected chi connectivity index (χ2v) is 5.80. The zero-order valence-corrected chi connectivity index (χ0v) is 12.4. The molecular weight excluding hydrogens is 252 g/mol. The van der Waals surface area contributed by atoms with Crippen LogP contribution in [0.2, 0.25) is 0 Å². The monoisotopic (exact) mass is 276 g/mol. The molecule has 2 heterocycles. The summed E-state index contributed by atoms with van der Waals surface area (Å²) in [5.74, 6) is 0.272. The van der Waals surface area contributed by atoms with E-state index in [1.165, 1.54) is 0 Å². The average Bonchev–Trinajstić information content (AvgIpc) is 2.76. The lowest BCUT2D eigenvalue weighted by molar-refractivity contribution is -0.152. The fourth-order valence-electron chi connectivity index (χ4n) is 2.93. The highest BCUT2D eigenvalue weighted by Gasteiger charge is 2.43. The highest BCUT2D eigenvalue weighted by molar-refractivity contribution is 5.87. The number of nitrogens with one attached hydrogen (secondary N) is 1. The number of carbonyl (C=O) groups excluding carboxylic acids is 1. The molecule has 18 heavy (non-hydrogen) atoms. The van der Waals surface area contributed by atoms with Gasteiger partial charge in [-0.3, -0.25) is 4.79 Å². The third kappa shape index (κ3) is 2.98. The SMILES string of the molecule is CCC1(C(=O)N2CCOC(C)(C)C2)CCCN1.Cl. The zero-order valence-electron chi connectivity index (χ0n) is 11.6. The molecule has 4 nitrogen and oxygen atoms in total. The normalized spacial score (nSPS) is 30.9. The van der Waals surface area contributed by atoms with E-state index in [4.69, 9.17) is 4.74 Å². The van der Waals surface area contributed by atoms with Crippen molar-refractivity contribution in [1.82, 2.24) is 10.2 Å². The van der Waals surface area contributed by atoms with Gasteiger partial charge in [0.1, 0.15) is 0 Å². The van der Waals surface area contributed by atoms with Gasteiger partial charge in [0, 0.05) is 13.1 Å². The minimum Gasteiger partial charge on any atom is -0.372 e. The molecule has 106 valence electrons. The number of hydrogen-bond donors (Lipinski definition) is 1. The Morgan fingerprint density at radius 3 is 2.67 bits per heavy atom. The van der Waals surface area contributed by atoms with Gasteiger partial charge >= 0.3 is 0 Å². The van der Waals surface area contributed by atoms with Crippen LogP contribution in [-0.4, -0.2) is 48.2 Å². The maximum atomic E-state index is 12.6. The number of ether oxygens (including phenoxy) is 1. The summed E-state index contributed by atoms with van der Waals surface area (Å²) in [6.07, 6.45) is 2.96. The fourth-order valence-corrected chi connectivity index (χ4v) is 2.93. The molecule has 0 saturated carbocycles. The molecule has 1 unspecified atom stereocenters. The van der Waals surface area contributed by atoms with E-state index < -0.39 is 0 Å². The summed E-state index contributed by atoms with van der Waals surface area (Å²) >= 11 is 0. The van der Waals surface area contributed by atoms with Gasteiger partial charge in [-0.05, 0) is 39.7 Å². The van der Waals surface area contributed by atoms with Crippen molar-refractivity contribution in [3.05, 3.63) is 0 Å². The van der Waals surface area contributed by atoms with Crippen molar-refractivity contribution >= 4 is 18.3 Å². The van der Waals surface area contributed by atoms with Crippen molar-refractivity contribution in [2.45, 2.75) is 51.2 Å². The summed E-state index contributed by atoms with van der Waals surface area (Å²) in [6, 6.07) is 0. The molecule has 0 spiro atoms. The van der Waals surface area contributed by atoms with Gasteiger partial charge in [0.25, 0.3) is 0 Å². The van der Waals surface area contributed by atoms with E-state index in [1.807, 2.05) is 18.7 Å². The third-order valence-corrected chi connectivity index (χ3v) is 3.97. The molecular formula is C13H25ClN2O2. The molecule has 2 aliphatic heterocycles. The molecule has 0 aromatic rings. The van der Waals surface area contributed by atoms with Crippen LogP contribution in [0.4, 0.5) is 0 Å². The van der Waals surface area contributed by atoms with Gasteiger partial charge in [0.05, 0.1) is 17.7 Å². The summed E-state index contributed by atoms with van der Waals surface area (Å²) in [4.78, 5) is 14.6. The van der Waals surface area contributed by atoms with Crippen LogP contribution in [0.3, 0.4) is 0 Å². The second-order valence-electron chi connectivity index (χ2n) is 5.80. The molecule has 0 aromatic carbocycles. The Morgan fingerprint density at radius 1 is 1.44 bits per heavy atom. The van der Waals surface area contributed by atoms with Crippen LogP contribution >= 0.6 is 12.4 Å². The number of morpholine rings is 1. The quantitative estimate of drug-likeness (QED) is 0.833. The van der Waals surface area contributed by atoms with Gasteiger partial charge in [0.15, 0.2) is 0 Å². The van der Waals surface area contributed by atoms with E-state index >= 15 is 0 Å². The lowest BCUT2D eigenvalue weighted by atomic mass is 9.91. The molecule has 1 amide bonds. The van der Waals surface area contributed by atoms with Crippen LogP contribution in [-0.2, 0) is 9.53 Å². The topological polar surface area (TPSA) is 41.6 Å². The smallest absolute Gasteiger partial charge is 0.243 e. The molecule has 2 saturated heterocycles. The van der Waals surface area contributed by atoms with Crippen LogP contribution in [0.25, 0.3) is 0 Å². The van der Waals surface area contributed by atoms with E-state index in [0.29, 0.717) is 13.2 Å². The summed E-state index contributed by atoms with van der Waals surface area (Å²) in [6.45, 7) is 9.24. The van der Waals surface area contributed by atoms with E-state index in [1.54, 1.807) is 0 Å². The predicted molar refractivity (Wildman–Crippen MR) is 74.1 cm³/mol. The molecule has 0 aliphatic carbocycles. The third-order valence-electron chi connectivity index (χ3n) is 3.97. The van der Waals surface area contributed by atoms with E-state index in [9.17, 15) is 4.79 Å². The Balaban J connectivity index is 0.00000162. The molecule has 1 atom stereocenters. The summed E-state index contributed by atoms with van der Waals surface area (Å²) in [5, 5.41) is 3.41. The molecule has 2 aliphatic rings. The molecule has 5 heteroatoms. The number of carbonyl (C=O) groups is 1. The Kier molecular flexibility index (Phi) is 5.04. The maximum Gasteiger partial charge on any atom is 0.243 e. The summed E-state index contributed by atoms with van der Waals surface area (Å²) in [7, 11) is 0. The summed E-state index contributed by atoms with van der Waals surface area (Å²) < 4.78 is 5.66. The predicted octanol–water partition coefficient (Wildman–Crippen LogP) is 1.58. The molecule has 1 N–H and O–H groups in total. The Hall–Kier alpha value is -0.320. The van der Waals surface area contributed by atoms with Gasteiger partial charge in [-0.1, -0.05) is 6.92 Å². The second kappa shape index (κ2) is 5.76. The Labute approximate surface area is 116 Å². The van der Waals surface area contributed by atoms with E-state index in [2.05, 4.69) is 12.2 Å². The van der Waals surface area contributed by atoms with Gasteiger partial charge in [-0.15, -0.1) is 12.4 Å². The Morgan fingerprint density at radius 2 is 2.17 bits per heavy atom. The molecule has 2 rings (SSSR count). The van der Waals surface area contributed by atoms with Gasteiger partial charge < -0.3 is 15.0 Å². The molecule has 0 radical (unpaired) electrons. The van der Waals surface area contributed by atoms with Crippen molar-refractivity contribution < 1.29 is 9.53 Å². The van der Waals surface area contributed by atoms with Crippen molar-refractivity contribution in [1.29, 1.82) is 0 Å². The van der Waals surface area contributed by atoms with E-state index in [0.717, 1.165) is 32.4 Å². The zero-order chi connectivity index (χ0) is 12.5. The first-order chi connectivity index (χ1) is 7.99. The number of hydrogen-bond acceptors (Lipinski definition) is 3. The van der Waals surface area contributed by atoms with Crippen molar-refractivity contribution in [3.8, 4) is 0 Å². The lowest BCUT2D eigenvalue weighted by Gasteiger charge is -2.42. The van der Waals surface area contributed by atoms with Crippen LogP contribution in [0.15, 0.2) is 0 Å². The highest BCUT2D eigenvalue weighted by atomic mass is 35.5. The number of rotatable bonds is 2. The molecule has 0 aromatic heterocycles. The van der Waals surface area contributed by atoms with Gasteiger partial charge in [-0.25, -0.2) is 0 Å². The van der Waals surface area contributed by atoms with Gasteiger partial charge in [-0.2, -0.15) is 0 Å². The van der Waals surface area contributed by atoms with Crippen LogP contribution in [0.5, 0.6) is 0 Å². The maximum absolute atomic E-state index is 12.6. The first kappa shape index (κ1) is 15.7. The van der Waals surface area contributed by atoms with Crippen molar-refractivity contribution in [2.75, 3.05) is 26.2 Å². The first-order valence-electron chi connectivity index (χ1n) is 6.67.